The van der Waals surface area contributed by atoms with Crippen LogP contribution in [0.2, 0.25) is 0 Å². The molecule has 7 heteroatoms. The van der Waals surface area contributed by atoms with Crippen LogP contribution in [0, 0.1) is 5.92 Å². The fourth-order valence-electron chi connectivity index (χ4n) is 3.36. The number of amides is 1. The van der Waals surface area contributed by atoms with Crippen molar-refractivity contribution >= 4 is 29.3 Å². The maximum atomic E-state index is 12.6. The van der Waals surface area contributed by atoms with Gasteiger partial charge in [0.1, 0.15) is 0 Å². The fraction of sp³-hybridized carbons (Fsp3) is 0.304. The molecular weight excluding hydrogens is 386 g/mol. The summed E-state index contributed by atoms with van der Waals surface area (Å²) in [6, 6.07) is 15.0. The van der Waals surface area contributed by atoms with E-state index in [0.29, 0.717) is 23.2 Å². The number of ketones is 1. The number of anilines is 1. The minimum absolute atomic E-state index is 0.00749. The first kappa shape index (κ1) is 21.2. The number of ether oxygens (including phenoxy) is 2. The van der Waals surface area contributed by atoms with Gasteiger partial charge in [-0.2, -0.15) is 0 Å². The second-order valence-corrected chi connectivity index (χ2v) is 7.01. The molecule has 0 N–H and O–H groups in total. The lowest BCUT2D eigenvalue weighted by Gasteiger charge is -2.19. The van der Waals surface area contributed by atoms with Crippen LogP contribution in [0.3, 0.4) is 0 Å². The van der Waals surface area contributed by atoms with Gasteiger partial charge in [0.2, 0.25) is 11.7 Å². The summed E-state index contributed by atoms with van der Waals surface area (Å²) in [5.74, 6) is -2.16. The van der Waals surface area contributed by atoms with Gasteiger partial charge >= 0.3 is 11.9 Å². The van der Waals surface area contributed by atoms with Crippen molar-refractivity contribution in [3.8, 4) is 0 Å². The molecule has 1 saturated heterocycles. The van der Waals surface area contributed by atoms with E-state index in [1.54, 1.807) is 61.5 Å². The van der Waals surface area contributed by atoms with Gasteiger partial charge in [-0.05, 0) is 30.7 Å². The van der Waals surface area contributed by atoms with Crippen LogP contribution < -0.4 is 4.90 Å². The highest BCUT2D eigenvalue weighted by molar-refractivity contribution is 6.02. The van der Waals surface area contributed by atoms with E-state index in [2.05, 4.69) is 4.74 Å². The lowest BCUT2D eigenvalue weighted by molar-refractivity contribution is -0.151. The number of esters is 2. The molecule has 0 saturated carbocycles. The summed E-state index contributed by atoms with van der Waals surface area (Å²) < 4.78 is 10.1. The van der Waals surface area contributed by atoms with Crippen LogP contribution in [-0.2, 0) is 19.1 Å². The lowest BCUT2D eigenvalue weighted by Crippen LogP contribution is -2.31. The molecule has 0 spiro atoms. The molecule has 0 bridgehead atoms. The number of nitrogens with zero attached hydrogens (tertiary/aromatic N) is 1. The van der Waals surface area contributed by atoms with E-state index in [1.807, 2.05) is 0 Å². The van der Waals surface area contributed by atoms with Gasteiger partial charge in [-0.3, -0.25) is 14.4 Å². The average Bonchev–Trinajstić information content (AvgIpc) is 3.18. The van der Waals surface area contributed by atoms with Gasteiger partial charge in [-0.1, -0.05) is 37.3 Å². The van der Waals surface area contributed by atoms with Gasteiger partial charge in [0.15, 0.2) is 6.10 Å². The number of Topliss-reactive ketones (excluding diaryl/α,β-unsaturated/α-hetero) is 1. The van der Waals surface area contributed by atoms with E-state index < -0.39 is 24.0 Å². The Hall–Kier alpha value is -3.48. The maximum Gasteiger partial charge on any atom is 0.337 e. The summed E-state index contributed by atoms with van der Waals surface area (Å²) in [7, 11) is 1.29. The molecule has 2 atom stereocenters. The van der Waals surface area contributed by atoms with Crippen molar-refractivity contribution in [2.24, 2.45) is 5.92 Å². The summed E-state index contributed by atoms with van der Waals surface area (Å²) in [6.07, 6.45) is -0.532. The molecule has 7 nitrogen and oxygen atoms in total. The van der Waals surface area contributed by atoms with Crippen LogP contribution in [-0.4, -0.2) is 43.4 Å². The Kier molecular flexibility index (Phi) is 6.61. The first-order valence-electron chi connectivity index (χ1n) is 9.73. The van der Waals surface area contributed by atoms with Crippen LogP contribution in [0.25, 0.3) is 0 Å². The highest BCUT2D eigenvalue weighted by Crippen LogP contribution is 2.27. The number of carbonyl (C=O) groups excluding carboxylic acids is 4. The zero-order valence-electron chi connectivity index (χ0n) is 16.9. The monoisotopic (exact) mass is 409 g/mol. The van der Waals surface area contributed by atoms with Crippen LogP contribution in [0.15, 0.2) is 54.6 Å². The number of hydrogen-bond donors (Lipinski definition) is 0. The number of methoxy groups -OCH3 is 1. The second kappa shape index (κ2) is 9.35. The van der Waals surface area contributed by atoms with Crippen LogP contribution in [0.5, 0.6) is 0 Å². The quantitative estimate of drug-likeness (QED) is 0.516. The second-order valence-electron chi connectivity index (χ2n) is 7.01. The van der Waals surface area contributed by atoms with Gasteiger partial charge in [-0.15, -0.1) is 0 Å². The molecule has 0 aliphatic carbocycles. The number of benzene rings is 2. The molecule has 30 heavy (non-hydrogen) atoms. The van der Waals surface area contributed by atoms with Crippen molar-refractivity contribution in [1.29, 1.82) is 0 Å². The Labute approximate surface area is 174 Å². The smallest absolute Gasteiger partial charge is 0.337 e. The SMILES string of the molecule is CCC(OC(=O)C1CC(=O)N(c2ccc(C(=O)OC)cc2)C1)C(=O)c1ccccc1. The normalized spacial score (nSPS) is 16.8. The molecule has 2 aromatic carbocycles. The number of carbonyl (C=O) groups is 4. The summed E-state index contributed by atoms with van der Waals surface area (Å²) >= 11 is 0. The first-order valence-corrected chi connectivity index (χ1v) is 9.73. The Morgan fingerprint density at radius 2 is 1.70 bits per heavy atom. The summed E-state index contributed by atoms with van der Waals surface area (Å²) in [4.78, 5) is 50.7. The van der Waals surface area contributed by atoms with Gasteiger partial charge in [0, 0.05) is 24.2 Å². The van der Waals surface area contributed by atoms with Gasteiger partial charge in [0.05, 0.1) is 18.6 Å². The predicted octanol–water partition coefficient (Wildman–Crippen LogP) is 3.03. The Bertz CT molecular complexity index is 938. The molecular formula is C23H23NO6. The fourth-order valence-corrected chi connectivity index (χ4v) is 3.36. The molecule has 1 aliphatic heterocycles. The van der Waals surface area contributed by atoms with Crippen LogP contribution in [0.1, 0.15) is 40.5 Å². The molecule has 1 heterocycles. The number of hydrogen-bond acceptors (Lipinski definition) is 6. The van der Waals surface area contributed by atoms with E-state index in [0.717, 1.165) is 0 Å². The van der Waals surface area contributed by atoms with Gasteiger partial charge in [-0.25, -0.2) is 4.79 Å². The molecule has 3 rings (SSSR count). The minimum Gasteiger partial charge on any atom is -0.465 e. The van der Waals surface area contributed by atoms with E-state index in [4.69, 9.17) is 4.74 Å². The molecule has 2 unspecified atom stereocenters. The molecule has 1 aliphatic rings. The van der Waals surface area contributed by atoms with Crippen molar-refractivity contribution in [3.05, 3.63) is 65.7 Å². The van der Waals surface area contributed by atoms with Crippen molar-refractivity contribution in [1.82, 2.24) is 0 Å². The van der Waals surface area contributed by atoms with E-state index in [-0.39, 0.29) is 24.7 Å². The average molecular weight is 409 g/mol. The Balaban J connectivity index is 1.65. The van der Waals surface area contributed by atoms with E-state index in [1.165, 1.54) is 12.0 Å². The standard InChI is InChI=1S/C23H23NO6/c1-3-19(21(26)15-7-5-4-6-8-15)30-23(28)17-13-20(25)24(14-17)18-11-9-16(10-12-18)22(27)29-2/h4-12,17,19H,3,13-14H2,1-2H3. The zero-order chi connectivity index (χ0) is 21.7. The molecule has 0 aromatic heterocycles. The molecule has 2 aromatic rings. The van der Waals surface area contributed by atoms with E-state index >= 15 is 0 Å². The summed E-state index contributed by atoms with van der Waals surface area (Å²) in [5.41, 5.74) is 1.43. The molecule has 1 fully saturated rings. The third-order valence-electron chi connectivity index (χ3n) is 5.04. The highest BCUT2D eigenvalue weighted by Gasteiger charge is 2.37. The van der Waals surface area contributed by atoms with E-state index in [9.17, 15) is 19.2 Å². The number of rotatable bonds is 7. The van der Waals surface area contributed by atoms with Crippen molar-refractivity contribution in [2.45, 2.75) is 25.9 Å². The minimum atomic E-state index is -0.886. The topological polar surface area (TPSA) is 90.0 Å². The Morgan fingerprint density at radius 3 is 2.30 bits per heavy atom. The largest absolute Gasteiger partial charge is 0.465 e. The van der Waals surface area contributed by atoms with Crippen molar-refractivity contribution < 1.29 is 28.7 Å². The molecule has 1 amide bonds. The molecule has 0 radical (unpaired) electrons. The first-order chi connectivity index (χ1) is 14.4. The van der Waals surface area contributed by atoms with Crippen LogP contribution >= 0.6 is 0 Å². The van der Waals surface area contributed by atoms with Crippen molar-refractivity contribution in [3.63, 3.8) is 0 Å². The zero-order valence-corrected chi connectivity index (χ0v) is 16.9. The highest BCUT2D eigenvalue weighted by atomic mass is 16.5. The summed E-state index contributed by atoms with van der Waals surface area (Å²) in [6.45, 7) is 1.93. The molecule has 156 valence electrons. The third kappa shape index (κ3) is 4.56. The maximum absolute atomic E-state index is 12.6. The third-order valence-corrected chi connectivity index (χ3v) is 5.04. The summed E-state index contributed by atoms with van der Waals surface area (Å²) in [5, 5.41) is 0. The Morgan fingerprint density at radius 1 is 1.03 bits per heavy atom. The van der Waals surface area contributed by atoms with Gasteiger partial charge < -0.3 is 14.4 Å². The van der Waals surface area contributed by atoms with Gasteiger partial charge in [0.25, 0.3) is 0 Å². The predicted molar refractivity (Wildman–Crippen MR) is 109 cm³/mol. The van der Waals surface area contributed by atoms with Crippen LogP contribution in [0.4, 0.5) is 5.69 Å². The lowest BCUT2D eigenvalue weighted by atomic mass is 10.0. The van der Waals surface area contributed by atoms with Crippen molar-refractivity contribution in [2.75, 3.05) is 18.6 Å².